The molecule has 1 aromatic carbocycles. The Labute approximate surface area is 179 Å². The van der Waals surface area contributed by atoms with Crippen molar-refractivity contribution in [2.24, 2.45) is 11.8 Å². The summed E-state index contributed by atoms with van der Waals surface area (Å²) in [6.07, 6.45) is 0.0984. The van der Waals surface area contributed by atoms with Crippen molar-refractivity contribution in [3.05, 3.63) is 41.9 Å². The molecule has 0 bridgehead atoms. The van der Waals surface area contributed by atoms with Crippen LogP contribution in [-0.2, 0) is 17.4 Å². The quantitative estimate of drug-likeness (QED) is 0.689. The molecule has 1 aromatic heterocycles. The predicted molar refractivity (Wildman–Crippen MR) is 110 cm³/mol. The van der Waals surface area contributed by atoms with Crippen molar-refractivity contribution in [1.82, 2.24) is 9.97 Å². The summed E-state index contributed by atoms with van der Waals surface area (Å²) in [6, 6.07) is 4.80. The summed E-state index contributed by atoms with van der Waals surface area (Å²) in [4.78, 5) is 24.9. The van der Waals surface area contributed by atoms with E-state index in [1.54, 1.807) is 11.1 Å². The van der Waals surface area contributed by atoms with Gasteiger partial charge in [-0.25, -0.2) is 9.97 Å². The van der Waals surface area contributed by atoms with Gasteiger partial charge in [-0.3, -0.25) is 4.79 Å². The number of nitrogens with zero attached hydrogens (tertiary/aromatic N) is 4. The van der Waals surface area contributed by atoms with E-state index in [1.807, 2.05) is 18.9 Å². The number of carbonyl (C=O) groups is 1. The molecule has 2 aromatic rings. The van der Waals surface area contributed by atoms with Gasteiger partial charge in [-0.2, -0.15) is 13.2 Å². The molecule has 1 aliphatic carbocycles. The Morgan fingerprint density at radius 1 is 1.16 bits per heavy atom. The molecule has 9 heteroatoms. The number of aromatic nitrogens is 2. The number of rotatable bonds is 6. The zero-order valence-corrected chi connectivity index (χ0v) is 17.5. The van der Waals surface area contributed by atoms with Crippen LogP contribution in [-0.4, -0.2) is 42.6 Å². The van der Waals surface area contributed by atoms with Crippen molar-refractivity contribution in [2.45, 2.75) is 32.4 Å². The van der Waals surface area contributed by atoms with Gasteiger partial charge in [0, 0.05) is 20.0 Å². The zero-order chi connectivity index (χ0) is 22.2. The maximum atomic E-state index is 12.6. The number of hydrogen-bond donors (Lipinski definition) is 0. The molecule has 166 valence electrons. The minimum Gasteiger partial charge on any atom is -0.493 e. The smallest absolute Gasteiger partial charge is 0.416 e. The second-order valence-corrected chi connectivity index (χ2v) is 8.23. The standard InChI is InChI=1S/C22H25F3N4O2/c1-3-29-18-11-26-19(27-21(18)28(2)12-20(29)30)10-14-8-15(9-14)13-31-17-6-4-16(5-7-17)22(23,24)25/h4-7,11,14-15H,3,8-10,12-13H2,1-2H3. The van der Waals surface area contributed by atoms with Crippen LogP contribution in [0.15, 0.2) is 30.5 Å². The monoisotopic (exact) mass is 434 g/mol. The predicted octanol–water partition coefficient (Wildman–Crippen LogP) is 3.95. The van der Waals surface area contributed by atoms with Gasteiger partial charge in [0.15, 0.2) is 5.82 Å². The van der Waals surface area contributed by atoms with Gasteiger partial charge < -0.3 is 14.5 Å². The number of anilines is 2. The molecule has 0 N–H and O–H groups in total. The Bertz CT molecular complexity index is 943. The van der Waals surface area contributed by atoms with Gasteiger partial charge >= 0.3 is 6.18 Å². The SMILES string of the molecule is CCN1C(=O)CN(C)c2nc(CC3CC(COc4ccc(C(F)(F)F)cc4)C3)ncc21. The van der Waals surface area contributed by atoms with Crippen molar-refractivity contribution in [2.75, 3.05) is 36.5 Å². The summed E-state index contributed by atoms with van der Waals surface area (Å²) >= 11 is 0. The zero-order valence-electron chi connectivity index (χ0n) is 17.5. The molecule has 0 spiro atoms. The van der Waals surface area contributed by atoms with Gasteiger partial charge in [0.1, 0.15) is 17.3 Å². The maximum Gasteiger partial charge on any atom is 0.416 e. The second-order valence-electron chi connectivity index (χ2n) is 8.23. The molecule has 6 nitrogen and oxygen atoms in total. The van der Waals surface area contributed by atoms with Crippen LogP contribution in [0.1, 0.15) is 31.2 Å². The van der Waals surface area contributed by atoms with Crippen LogP contribution in [0.3, 0.4) is 0 Å². The highest BCUT2D eigenvalue weighted by Crippen LogP contribution is 2.37. The first-order valence-corrected chi connectivity index (χ1v) is 10.4. The third-order valence-electron chi connectivity index (χ3n) is 5.91. The average molecular weight is 434 g/mol. The largest absolute Gasteiger partial charge is 0.493 e. The van der Waals surface area contributed by atoms with E-state index >= 15 is 0 Å². The van der Waals surface area contributed by atoms with E-state index in [0.717, 1.165) is 48.7 Å². The highest BCUT2D eigenvalue weighted by Gasteiger charge is 2.33. The highest BCUT2D eigenvalue weighted by atomic mass is 19.4. The molecule has 0 atom stereocenters. The van der Waals surface area contributed by atoms with E-state index in [9.17, 15) is 18.0 Å². The lowest BCUT2D eigenvalue weighted by molar-refractivity contribution is -0.137. The van der Waals surface area contributed by atoms with Crippen molar-refractivity contribution in [3.8, 4) is 5.75 Å². The highest BCUT2D eigenvalue weighted by molar-refractivity contribution is 6.01. The molecule has 31 heavy (non-hydrogen) atoms. The molecule has 2 aliphatic rings. The fraction of sp³-hybridized carbons (Fsp3) is 0.500. The first kappa shape index (κ1) is 21.4. The number of ether oxygens (including phenoxy) is 1. The summed E-state index contributed by atoms with van der Waals surface area (Å²) in [5.74, 6) is 2.88. The minimum absolute atomic E-state index is 0.0451. The molecular formula is C22H25F3N4O2. The molecule has 4 rings (SSSR count). The van der Waals surface area contributed by atoms with E-state index < -0.39 is 11.7 Å². The third-order valence-corrected chi connectivity index (χ3v) is 5.91. The molecule has 0 radical (unpaired) electrons. The Morgan fingerprint density at radius 2 is 1.87 bits per heavy atom. The van der Waals surface area contributed by atoms with Crippen LogP contribution in [0.4, 0.5) is 24.7 Å². The molecule has 1 fully saturated rings. The number of benzene rings is 1. The summed E-state index contributed by atoms with van der Waals surface area (Å²) in [5.41, 5.74) is 0.0760. The molecule has 2 heterocycles. The van der Waals surface area contributed by atoms with E-state index in [1.165, 1.54) is 12.1 Å². The number of likely N-dealkylation sites (N-methyl/N-ethyl adjacent to an activating group) is 2. The number of amides is 1. The Morgan fingerprint density at radius 3 is 2.52 bits per heavy atom. The van der Waals surface area contributed by atoms with Crippen molar-refractivity contribution < 1.29 is 22.7 Å². The molecular weight excluding hydrogens is 409 g/mol. The van der Waals surface area contributed by atoms with Gasteiger partial charge in [0.25, 0.3) is 0 Å². The van der Waals surface area contributed by atoms with E-state index in [0.29, 0.717) is 37.3 Å². The summed E-state index contributed by atoms with van der Waals surface area (Å²) in [7, 11) is 1.86. The van der Waals surface area contributed by atoms with Crippen molar-refractivity contribution >= 4 is 17.4 Å². The lowest BCUT2D eigenvalue weighted by atomic mass is 9.73. The number of fused-ring (bicyclic) bond motifs is 1. The lowest BCUT2D eigenvalue weighted by Crippen LogP contribution is -2.45. The first-order valence-electron chi connectivity index (χ1n) is 10.4. The number of hydrogen-bond acceptors (Lipinski definition) is 5. The normalized spacial score (nSPS) is 21.0. The van der Waals surface area contributed by atoms with Crippen molar-refractivity contribution in [3.63, 3.8) is 0 Å². The van der Waals surface area contributed by atoms with Gasteiger partial charge in [0.2, 0.25) is 5.91 Å². The molecule has 1 aliphatic heterocycles. The molecule has 0 saturated heterocycles. The van der Waals surface area contributed by atoms with Crippen LogP contribution in [0.25, 0.3) is 0 Å². The Balaban J connectivity index is 1.28. The second kappa shape index (κ2) is 8.36. The minimum atomic E-state index is -4.34. The lowest BCUT2D eigenvalue weighted by Gasteiger charge is -2.36. The fourth-order valence-electron chi connectivity index (χ4n) is 4.20. The van der Waals surface area contributed by atoms with Crippen LogP contribution >= 0.6 is 0 Å². The van der Waals surface area contributed by atoms with E-state index in [-0.39, 0.29) is 5.91 Å². The Hall–Kier alpha value is -2.84. The third kappa shape index (κ3) is 4.60. The molecule has 0 unspecified atom stereocenters. The number of alkyl halides is 3. The van der Waals surface area contributed by atoms with Crippen molar-refractivity contribution in [1.29, 1.82) is 0 Å². The van der Waals surface area contributed by atoms with E-state index in [4.69, 9.17) is 9.72 Å². The van der Waals surface area contributed by atoms with Gasteiger partial charge in [-0.05, 0) is 55.9 Å². The average Bonchev–Trinajstić information content (AvgIpc) is 2.70. The number of carbonyl (C=O) groups excluding carboxylic acids is 1. The molecule has 1 amide bonds. The topological polar surface area (TPSA) is 58.6 Å². The van der Waals surface area contributed by atoms with Crippen LogP contribution in [0.5, 0.6) is 5.75 Å². The summed E-state index contributed by atoms with van der Waals surface area (Å²) in [5, 5.41) is 0. The summed E-state index contributed by atoms with van der Waals surface area (Å²) in [6.45, 7) is 3.32. The van der Waals surface area contributed by atoms with Crippen LogP contribution < -0.4 is 14.5 Å². The Kier molecular flexibility index (Phi) is 5.77. The van der Waals surface area contributed by atoms with E-state index in [2.05, 4.69) is 4.98 Å². The van der Waals surface area contributed by atoms with Gasteiger partial charge in [0.05, 0.1) is 24.9 Å². The van der Waals surface area contributed by atoms with Crippen LogP contribution in [0.2, 0.25) is 0 Å². The number of halogens is 3. The summed E-state index contributed by atoms with van der Waals surface area (Å²) < 4.78 is 43.5. The first-order chi connectivity index (χ1) is 14.7. The van der Waals surface area contributed by atoms with Crippen LogP contribution in [0, 0.1) is 11.8 Å². The maximum absolute atomic E-state index is 12.6. The van der Waals surface area contributed by atoms with Gasteiger partial charge in [-0.1, -0.05) is 0 Å². The fourth-order valence-corrected chi connectivity index (χ4v) is 4.20. The van der Waals surface area contributed by atoms with Gasteiger partial charge in [-0.15, -0.1) is 0 Å². The molecule has 1 saturated carbocycles.